The maximum atomic E-state index is 13.8. The molecule has 4 aromatic rings. The number of fused-ring (bicyclic) bond motifs is 3. The lowest BCUT2D eigenvalue weighted by molar-refractivity contribution is -0.605. The molecule has 53 heavy (non-hydrogen) atoms. The maximum absolute atomic E-state index is 13.8. The molecule has 0 saturated carbocycles. The van der Waals surface area contributed by atoms with Crippen LogP contribution in [0.15, 0.2) is 79.1 Å². The Bertz CT molecular complexity index is 1900. The number of nitrogens with zero attached hydrogens (tertiary/aromatic N) is 3. The van der Waals surface area contributed by atoms with Gasteiger partial charge < -0.3 is 34.4 Å². The molecule has 3 aromatic carbocycles. The molecule has 0 aliphatic carbocycles. The molecular weight excluding hydrogens is 729 g/mol. The number of carboxylic acid groups (broad SMARTS) is 1. The highest BCUT2D eigenvalue weighted by Crippen LogP contribution is 2.36. The quantitative estimate of drug-likeness (QED) is 0.0749. The van der Waals surface area contributed by atoms with E-state index in [1.807, 2.05) is 0 Å². The van der Waals surface area contributed by atoms with Crippen molar-refractivity contribution in [3.8, 4) is 17.2 Å². The zero-order chi connectivity index (χ0) is 38.1. The minimum atomic E-state index is -0.899. The molecule has 2 atom stereocenters. The van der Waals surface area contributed by atoms with E-state index >= 15 is 0 Å². The second-order valence-electron chi connectivity index (χ2n) is 12.5. The van der Waals surface area contributed by atoms with Gasteiger partial charge in [0.25, 0.3) is 6.47 Å². The molecule has 3 aliphatic heterocycles. The minimum Gasteiger partial charge on any atom is -0.619 e. The third-order valence-corrected chi connectivity index (χ3v) is 9.84. The van der Waals surface area contributed by atoms with Gasteiger partial charge >= 0.3 is 12.1 Å². The molecule has 3 saturated heterocycles. The number of rotatable bonds is 11. The van der Waals surface area contributed by atoms with Gasteiger partial charge in [-0.1, -0.05) is 47.5 Å². The van der Waals surface area contributed by atoms with Gasteiger partial charge in [-0.25, -0.2) is 9.59 Å². The monoisotopic (exact) mass is 767 g/mol. The van der Waals surface area contributed by atoms with Crippen molar-refractivity contribution in [2.75, 3.05) is 38.8 Å². The number of carbonyl (C=O) groups is 3. The molecular formula is C38H39Cl2N3O10. The first-order chi connectivity index (χ1) is 25.5. The molecule has 0 spiro atoms. The number of piperidine rings is 3. The minimum absolute atomic E-state index is 0.00496. The van der Waals surface area contributed by atoms with Crippen molar-refractivity contribution in [2.45, 2.75) is 38.0 Å². The van der Waals surface area contributed by atoms with Crippen molar-refractivity contribution in [1.82, 2.24) is 4.90 Å². The average molecular weight is 769 g/mol. The topological polar surface area (TPSA) is 162 Å². The smallest absolute Gasteiger partial charge is 0.414 e. The summed E-state index contributed by atoms with van der Waals surface area (Å²) in [7, 11) is 3.02. The zero-order valence-corrected chi connectivity index (χ0v) is 30.5. The van der Waals surface area contributed by atoms with Crippen LogP contribution in [0.2, 0.25) is 10.0 Å². The zero-order valence-electron chi connectivity index (χ0n) is 29.0. The molecule has 0 radical (unpaired) electrons. The first kappa shape index (κ1) is 39.0. The summed E-state index contributed by atoms with van der Waals surface area (Å²) >= 11 is 12.8. The Labute approximate surface area is 316 Å². The van der Waals surface area contributed by atoms with Crippen LogP contribution >= 0.6 is 23.2 Å². The van der Waals surface area contributed by atoms with E-state index in [4.69, 9.17) is 52.1 Å². The Kier molecular flexibility index (Phi) is 13.2. The van der Waals surface area contributed by atoms with Crippen LogP contribution in [0.3, 0.4) is 0 Å². The average Bonchev–Trinajstić information content (AvgIpc) is 3.15. The van der Waals surface area contributed by atoms with Gasteiger partial charge in [0, 0.05) is 24.6 Å². The number of hydrogen-bond donors (Lipinski definition) is 2. The number of phenolic OH excluding ortho intramolecular Hbond substituents is 1. The van der Waals surface area contributed by atoms with Crippen molar-refractivity contribution in [1.29, 1.82) is 0 Å². The van der Waals surface area contributed by atoms with Gasteiger partial charge in [-0.05, 0) is 79.4 Å². The van der Waals surface area contributed by atoms with Gasteiger partial charge in [-0.15, -0.1) is 0 Å². The summed E-state index contributed by atoms with van der Waals surface area (Å²) in [6.45, 7) is 2.53. The number of phenols is 1. The van der Waals surface area contributed by atoms with Crippen LogP contribution in [-0.2, 0) is 27.2 Å². The Hall–Kier alpha value is -5.24. The Morgan fingerprint density at radius 2 is 1.68 bits per heavy atom. The van der Waals surface area contributed by atoms with E-state index in [0.29, 0.717) is 51.1 Å². The van der Waals surface area contributed by atoms with E-state index in [1.54, 1.807) is 54.6 Å². The summed E-state index contributed by atoms with van der Waals surface area (Å²) in [5, 5.41) is 29.3. The highest BCUT2D eigenvalue weighted by Gasteiger charge is 2.37. The largest absolute Gasteiger partial charge is 0.619 e. The van der Waals surface area contributed by atoms with Gasteiger partial charge in [-0.2, -0.15) is 4.73 Å². The molecule has 4 heterocycles. The van der Waals surface area contributed by atoms with Crippen molar-refractivity contribution < 1.29 is 48.3 Å². The van der Waals surface area contributed by atoms with Crippen LogP contribution in [0.25, 0.3) is 0 Å². The van der Waals surface area contributed by atoms with Gasteiger partial charge in [0.15, 0.2) is 23.9 Å². The fourth-order valence-corrected chi connectivity index (χ4v) is 7.13. The van der Waals surface area contributed by atoms with Crippen LogP contribution in [0.4, 0.5) is 10.5 Å². The summed E-state index contributed by atoms with van der Waals surface area (Å²) in [5.41, 5.74) is 2.31. The summed E-state index contributed by atoms with van der Waals surface area (Å²) in [6, 6.07) is 18.3. The second-order valence-corrected chi connectivity index (χ2v) is 13.3. The number of benzene rings is 3. The lowest BCUT2D eigenvalue weighted by Gasteiger charge is -2.44. The first-order valence-electron chi connectivity index (χ1n) is 16.7. The number of aromatic hydroxyl groups is 1. The van der Waals surface area contributed by atoms with Crippen LogP contribution in [0.1, 0.15) is 46.0 Å². The van der Waals surface area contributed by atoms with Crippen molar-refractivity contribution in [2.24, 2.45) is 5.92 Å². The first-order valence-corrected chi connectivity index (χ1v) is 17.4. The third kappa shape index (κ3) is 9.80. The lowest BCUT2D eigenvalue weighted by Crippen LogP contribution is -2.53. The van der Waals surface area contributed by atoms with E-state index in [9.17, 15) is 19.9 Å². The molecule has 2 N–H and O–H groups in total. The number of esters is 1. The van der Waals surface area contributed by atoms with Crippen LogP contribution in [0, 0.1) is 11.1 Å². The Morgan fingerprint density at radius 3 is 2.30 bits per heavy atom. The molecule has 0 unspecified atom stereocenters. The molecule has 3 fully saturated rings. The number of halogens is 2. The van der Waals surface area contributed by atoms with E-state index in [-0.39, 0.29) is 46.9 Å². The highest BCUT2D eigenvalue weighted by molar-refractivity contribution is 6.35. The second kappa shape index (κ2) is 18.0. The maximum Gasteiger partial charge on any atom is 0.414 e. The van der Waals surface area contributed by atoms with Crippen LogP contribution in [0.5, 0.6) is 17.2 Å². The molecule has 1 aromatic heterocycles. The van der Waals surface area contributed by atoms with Crippen molar-refractivity contribution >= 4 is 47.4 Å². The van der Waals surface area contributed by atoms with E-state index in [1.165, 1.54) is 43.6 Å². The van der Waals surface area contributed by atoms with Gasteiger partial charge in [0.1, 0.15) is 28.0 Å². The lowest BCUT2D eigenvalue weighted by atomic mass is 9.86. The number of aromatic nitrogens is 1. The number of pyridine rings is 1. The van der Waals surface area contributed by atoms with E-state index < -0.39 is 18.2 Å². The SMILES string of the molecule is COc1ccc([C@H](Cc2c(Cl)c[n+]([O-])cc2Cl)OC(=O)c2cccc(CN(C(=O)O[C@H]3CN4CCC3CC4)c3cccc(O)c3)c2)cc1OC.O=CO. The van der Waals surface area contributed by atoms with Crippen molar-refractivity contribution in [3.05, 3.63) is 117 Å². The third-order valence-electron chi connectivity index (χ3n) is 9.19. The fourth-order valence-electron chi connectivity index (χ4n) is 6.53. The van der Waals surface area contributed by atoms with Crippen LogP contribution < -0.4 is 19.1 Å². The highest BCUT2D eigenvalue weighted by atomic mass is 35.5. The van der Waals surface area contributed by atoms with Gasteiger partial charge in [0.05, 0.1) is 32.0 Å². The number of anilines is 1. The van der Waals surface area contributed by atoms with E-state index in [2.05, 4.69) is 4.90 Å². The Morgan fingerprint density at radius 1 is 1.00 bits per heavy atom. The van der Waals surface area contributed by atoms with Crippen molar-refractivity contribution in [3.63, 3.8) is 0 Å². The molecule has 7 rings (SSSR count). The fraction of sp³-hybridized carbons (Fsp3) is 0.316. The predicted octanol–water partition coefficient (Wildman–Crippen LogP) is 6.43. The number of hydrogen-bond acceptors (Lipinski definition) is 10. The number of carbonyl (C=O) groups excluding carboxylic acids is 2. The standard InChI is InChI=1S/C37H37Cl2N3O8.CH2O2/c1-47-32-10-9-25(16-34(32)48-2)33(18-29-30(38)20-41(46)21-31(29)39)49-36(44)26-6-3-5-23(15-26)19-42(27-7-4-8-28(43)17-27)37(45)50-35-22-40-13-11-24(35)12-14-40;2-1-3/h3-10,15-17,20-21,24,33,35,43H,11-14,18-19,22H2,1-2H3;1H,(H,2,3)/t33-,35-;/m0./s1. The summed E-state index contributed by atoms with van der Waals surface area (Å²) in [4.78, 5) is 39.6. The van der Waals surface area contributed by atoms with Crippen LogP contribution in [-0.4, -0.2) is 73.6 Å². The number of methoxy groups -OCH3 is 2. The van der Waals surface area contributed by atoms with E-state index in [0.717, 1.165) is 25.9 Å². The summed E-state index contributed by atoms with van der Waals surface area (Å²) in [6.07, 6.45) is 2.73. The number of amides is 1. The molecule has 15 heteroatoms. The predicted molar refractivity (Wildman–Crippen MR) is 196 cm³/mol. The molecule has 1 amide bonds. The molecule has 13 nitrogen and oxygen atoms in total. The number of ether oxygens (including phenoxy) is 4. The van der Waals surface area contributed by atoms with Gasteiger partial charge in [-0.3, -0.25) is 14.6 Å². The Balaban J connectivity index is 0.00000175. The molecule has 2 bridgehead atoms. The normalized spacial score (nSPS) is 17.8. The molecule has 3 aliphatic rings. The van der Waals surface area contributed by atoms with Gasteiger partial charge in [0.2, 0.25) is 0 Å². The summed E-state index contributed by atoms with van der Waals surface area (Å²) < 4.78 is 23.5. The summed E-state index contributed by atoms with van der Waals surface area (Å²) in [5.74, 6) is 0.583. The molecule has 280 valence electrons.